The van der Waals surface area contributed by atoms with E-state index in [-0.39, 0.29) is 45.3 Å². The number of terminal acetylenes is 1. The van der Waals surface area contributed by atoms with Gasteiger partial charge < -0.3 is 21.3 Å². The third-order valence-corrected chi connectivity index (χ3v) is 9.08. The van der Waals surface area contributed by atoms with Gasteiger partial charge in [0.05, 0.1) is 6.54 Å². The van der Waals surface area contributed by atoms with Gasteiger partial charge in [0, 0.05) is 46.3 Å². The highest BCUT2D eigenvalue weighted by Crippen LogP contribution is 2.31. The van der Waals surface area contributed by atoms with Gasteiger partial charge in [-0.1, -0.05) is 206 Å². The van der Waals surface area contributed by atoms with Gasteiger partial charge in [0.1, 0.15) is 0 Å². The molecule has 4 amide bonds. The fourth-order valence-corrected chi connectivity index (χ4v) is 5.69. The first-order valence-corrected chi connectivity index (χ1v) is 25.4. The van der Waals surface area contributed by atoms with E-state index in [0.717, 1.165) is 30.7 Å². The van der Waals surface area contributed by atoms with Crippen molar-refractivity contribution < 1.29 is 19.2 Å². The normalized spacial score (nSPS) is 12.1. The third-order valence-electron chi connectivity index (χ3n) is 9.08. The highest BCUT2D eigenvalue weighted by atomic mass is 16.2. The van der Waals surface area contributed by atoms with Crippen LogP contribution in [0.2, 0.25) is 0 Å². The molecule has 1 atom stereocenters. The number of rotatable bonds is 12. The molecule has 0 saturated heterocycles. The molecule has 0 aliphatic rings. The van der Waals surface area contributed by atoms with Crippen molar-refractivity contribution in [2.45, 2.75) is 245 Å². The van der Waals surface area contributed by atoms with E-state index in [1.54, 1.807) is 19.0 Å². The Bertz CT molecular complexity index is 1300. The Labute approximate surface area is 421 Å². The van der Waals surface area contributed by atoms with Crippen LogP contribution in [-0.2, 0) is 19.2 Å². The van der Waals surface area contributed by atoms with E-state index in [1.807, 2.05) is 47.6 Å². The van der Waals surface area contributed by atoms with Crippen LogP contribution in [0.1, 0.15) is 245 Å². The Kier molecular flexibility index (Phi) is 44.4. The van der Waals surface area contributed by atoms with Gasteiger partial charge in [-0.2, -0.15) is 0 Å². The molecule has 1 unspecified atom stereocenters. The number of primary amides is 1. The van der Waals surface area contributed by atoms with Crippen molar-refractivity contribution in [1.29, 1.82) is 0 Å². The fourth-order valence-electron chi connectivity index (χ4n) is 5.69. The van der Waals surface area contributed by atoms with Crippen molar-refractivity contribution in [2.24, 2.45) is 67.3 Å². The maximum atomic E-state index is 11.3. The van der Waals surface area contributed by atoms with Crippen LogP contribution in [0.5, 0.6) is 0 Å². The average molecular weight is 952 g/mol. The van der Waals surface area contributed by atoms with E-state index in [4.69, 9.17) is 12.2 Å². The molecule has 0 bridgehead atoms. The molecule has 0 aliphatic carbocycles. The van der Waals surface area contributed by atoms with Crippen molar-refractivity contribution in [2.75, 3.05) is 27.2 Å². The molecule has 0 rings (SSSR count). The molecule has 0 aromatic rings. The number of hydrogen-bond donors (Lipinski definition) is 3. The highest BCUT2D eigenvalue weighted by molar-refractivity contribution is 5.77. The Morgan fingerprint density at radius 1 is 0.582 bits per heavy atom. The number of nitrogens with one attached hydrogen (secondary N) is 2. The van der Waals surface area contributed by atoms with E-state index in [0.29, 0.717) is 54.4 Å². The monoisotopic (exact) mass is 951 g/mol. The van der Waals surface area contributed by atoms with Gasteiger partial charge in [-0.25, -0.2) is 0 Å². The van der Waals surface area contributed by atoms with Crippen molar-refractivity contribution in [3.63, 3.8) is 0 Å². The quantitative estimate of drug-likeness (QED) is 0.102. The maximum absolute atomic E-state index is 11.3. The summed E-state index contributed by atoms with van der Waals surface area (Å²) in [5.74, 6) is 5.52. The number of hydrogen-bond acceptors (Lipinski definition) is 4. The second kappa shape index (κ2) is 38.0. The highest BCUT2D eigenvalue weighted by Gasteiger charge is 2.22. The first-order chi connectivity index (χ1) is 29.3. The Balaban J connectivity index is -0.000000126. The van der Waals surface area contributed by atoms with Crippen LogP contribution in [0.4, 0.5) is 0 Å². The van der Waals surface area contributed by atoms with Crippen LogP contribution in [0.25, 0.3) is 0 Å². The van der Waals surface area contributed by atoms with Crippen molar-refractivity contribution in [3.05, 3.63) is 12.7 Å². The first kappa shape index (κ1) is 78.4. The van der Waals surface area contributed by atoms with Crippen LogP contribution in [0.15, 0.2) is 12.7 Å². The molecule has 8 nitrogen and oxygen atoms in total. The zero-order valence-electron chi connectivity index (χ0n) is 50.9. The van der Waals surface area contributed by atoms with E-state index in [9.17, 15) is 19.2 Å². The molecule has 0 fully saturated rings. The summed E-state index contributed by atoms with van der Waals surface area (Å²) < 4.78 is 0. The number of nitrogens with two attached hydrogens (primary N) is 1. The molecule has 0 heterocycles. The second-order valence-electron chi connectivity index (χ2n) is 28.2. The summed E-state index contributed by atoms with van der Waals surface area (Å²) in [5, 5.41) is 5.51. The fraction of sp³-hybridized carbons (Fsp3) is 0.864. The van der Waals surface area contributed by atoms with Crippen LogP contribution in [0.3, 0.4) is 0 Å². The lowest BCUT2D eigenvalue weighted by molar-refractivity contribution is -0.130. The summed E-state index contributed by atoms with van der Waals surface area (Å²) in [6, 6.07) is 0. The lowest BCUT2D eigenvalue weighted by Crippen LogP contribution is -2.30. The molecule has 0 aromatic heterocycles. The van der Waals surface area contributed by atoms with E-state index in [2.05, 4.69) is 175 Å². The molecule has 0 saturated carbocycles. The predicted molar refractivity (Wildman–Crippen MR) is 300 cm³/mol. The van der Waals surface area contributed by atoms with Crippen molar-refractivity contribution in [3.8, 4) is 12.3 Å². The minimum absolute atomic E-state index is 0.0236. The summed E-state index contributed by atoms with van der Waals surface area (Å²) in [6.45, 7) is 65.4. The minimum Gasteiger partial charge on any atom is -0.370 e. The smallest absolute Gasteiger partial charge is 0.222 e. The molecule has 402 valence electrons. The van der Waals surface area contributed by atoms with E-state index in [1.165, 1.54) is 19.3 Å². The molecule has 67 heavy (non-hydrogen) atoms. The number of unbranched alkanes of at least 4 members (excludes halogenated alkanes) is 1. The SMILES string of the molecule is C#CCNC(=O)CC(C)(C)C.C=CCCCC(C)(C)C.CC(C)(C)CC(N)=O.CC(C)C(C)C(C)(C)C.CC(C)CC(C)(C)C.CC(C)CNC(=O)CC(C)(C)C.CN(C)C(=O)CC(C)(C)C. The number of amides is 4. The third kappa shape index (κ3) is 90.3. The first-order valence-electron chi connectivity index (χ1n) is 25.4. The van der Waals surface area contributed by atoms with Crippen LogP contribution < -0.4 is 16.4 Å². The van der Waals surface area contributed by atoms with Gasteiger partial charge in [-0.3, -0.25) is 19.2 Å². The number of carbonyl (C=O) groups is 4. The van der Waals surface area contributed by atoms with Gasteiger partial charge in [0.15, 0.2) is 0 Å². The Morgan fingerprint density at radius 2 is 0.955 bits per heavy atom. The van der Waals surface area contributed by atoms with E-state index >= 15 is 0 Å². The molecule has 0 spiro atoms. The topological polar surface area (TPSA) is 122 Å². The molecular weight excluding hydrogens is 829 g/mol. The van der Waals surface area contributed by atoms with Crippen molar-refractivity contribution in [1.82, 2.24) is 15.5 Å². The predicted octanol–water partition coefficient (Wildman–Crippen LogP) is 15.6. The largest absolute Gasteiger partial charge is 0.370 e. The van der Waals surface area contributed by atoms with Gasteiger partial charge >= 0.3 is 0 Å². The molecule has 0 aliphatic heterocycles. The van der Waals surface area contributed by atoms with Crippen LogP contribution >= 0.6 is 0 Å². The number of nitrogens with zero attached hydrogens (tertiary/aromatic N) is 1. The van der Waals surface area contributed by atoms with Gasteiger partial charge in [-0.15, -0.1) is 13.0 Å². The second-order valence-corrected chi connectivity index (χ2v) is 28.2. The lowest BCUT2D eigenvalue weighted by atomic mass is 9.76. The minimum atomic E-state index is -0.225. The summed E-state index contributed by atoms with van der Waals surface area (Å²) in [7, 11) is 3.57. The molecule has 0 aromatic carbocycles. The standard InChI is InChI=1S/C10H21NO.C9H15NO.C9H20.C9H18.C8H17NO.C8H18.C6H13NO/c1-8(2)7-11-9(12)6-10(3,4)5;1-5-6-10-8(11)7-9(2,3)4;1-7(2)8(3)9(4,5)6;1-5-6-7-8-9(2,3)4;1-8(2,3)6-7(10)9(4)5;1-7(2)6-8(3,4)5;1-6(2,3)4-5(7)8/h8H,6-7H2,1-5H3,(H,11,12);1H,6-7H2,2-4H3,(H,10,11);7-8H,1-6H3;5H,1,6-8H2,2-4H3;6H2,1-5H3;7H,6H2,1-5H3;4H2,1-3H3,(H2,7,8). The molecule has 4 N–H and O–H groups in total. The van der Waals surface area contributed by atoms with Gasteiger partial charge in [0.25, 0.3) is 0 Å². The maximum Gasteiger partial charge on any atom is 0.222 e. The van der Waals surface area contributed by atoms with Crippen LogP contribution in [0, 0.1) is 73.9 Å². The lowest BCUT2D eigenvalue weighted by Gasteiger charge is -2.30. The summed E-state index contributed by atoms with van der Waals surface area (Å²) >= 11 is 0. The average Bonchev–Trinajstić information content (AvgIpc) is 3.02. The molecule has 8 heteroatoms. The molecule has 0 radical (unpaired) electrons. The number of allylic oxidation sites excluding steroid dienone is 1. The molecular formula is C59H122N4O4. The van der Waals surface area contributed by atoms with E-state index < -0.39 is 0 Å². The Morgan fingerprint density at radius 3 is 1.12 bits per heavy atom. The summed E-state index contributed by atoms with van der Waals surface area (Å²) in [5.41, 5.74) is 6.74. The zero-order chi connectivity index (χ0) is 55.6. The van der Waals surface area contributed by atoms with Crippen LogP contribution in [-0.4, -0.2) is 55.7 Å². The summed E-state index contributed by atoms with van der Waals surface area (Å²) in [4.78, 5) is 45.2. The van der Waals surface area contributed by atoms with Gasteiger partial charge in [0.2, 0.25) is 23.6 Å². The number of carbonyl (C=O) groups excluding carboxylic acids is 4. The Hall–Kier alpha value is -2.82. The van der Waals surface area contributed by atoms with Crippen molar-refractivity contribution >= 4 is 23.6 Å². The summed E-state index contributed by atoms with van der Waals surface area (Å²) in [6.07, 6.45) is 14.3. The van der Waals surface area contributed by atoms with Gasteiger partial charge in [-0.05, 0) is 87.3 Å². The zero-order valence-corrected chi connectivity index (χ0v) is 50.9.